The van der Waals surface area contributed by atoms with E-state index in [2.05, 4.69) is 19.1 Å². The molecular weight excluding hydrogens is 260 g/mol. The summed E-state index contributed by atoms with van der Waals surface area (Å²) in [4.78, 5) is 11.9. The van der Waals surface area contributed by atoms with E-state index < -0.39 is 0 Å². The molecule has 1 aliphatic heterocycles. The Morgan fingerprint density at radius 1 is 1.05 bits per heavy atom. The maximum atomic E-state index is 11.9. The summed E-state index contributed by atoms with van der Waals surface area (Å²) in [6, 6.07) is 18.2. The number of carbonyl (C=O) groups is 1. The molecule has 0 radical (unpaired) electrons. The molecule has 2 aromatic rings. The molecule has 0 saturated carbocycles. The first-order valence-electron chi connectivity index (χ1n) is 7.32. The zero-order valence-electron chi connectivity index (χ0n) is 12.1. The molecule has 0 bridgehead atoms. The van der Waals surface area contributed by atoms with Gasteiger partial charge in [0.1, 0.15) is 6.10 Å². The lowest BCUT2D eigenvalue weighted by Gasteiger charge is -2.25. The van der Waals surface area contributed by atoms with Crippen molar-refractivity contribution >= 4 is 11.5 Å². The van der Waals surface area contributed by atoms with Gasteiger partial charge in [-0.3, -0.25) is 0 Å². The quantitative estimate of drug-likeness (QED) is 0.781. The Labute approximate surface area is 125 Å². The van der Waals surface area contributed by atoms with E-state index in [0.717, 1.165) is 29.5 Å². The van der Waals surface area contributed by atoms with Crippen molar-refractivity contribution in [1.82, 2.24) is 0 Å². The molecule has 0 fully saturated rings. The zero-order valence-corrected chi connectivity index (χ0v) is 12.1. The van der Waals surface area contributed by atoms with Crippen LogP contribution in [-0.4, -0.2) is 5.97 Å². The van der Waals surface area contributed by atoms with Crippen LogP contribution in [0.1, 0.15) is 36.1 Å². The van der Waals surface area contributed by atoms with Crippen LogP contribution < -0.4 is 0 Å². The minimum atomic E-state index is -0.254. The Hall–Kier alpha value is -2.35. The van der Waals surface area contributed by atoms with E-state index in [1.807, 2.05) is 42.5 Å². The Kier molecular flexibility index (Phi) is 3.87. The van der Waals surface area contributed by atoms with E-state index >= 15 is 0 Å². The molecule has 1 heterocycles. The summed E-state index contributed by atoms with van der Waals surface area (Å²) < 4.78 is 5.55. The Morgan fingerprint density at radius 3 is 2.52 bits per heavy atom. The summed E-state index contributed by atoms with van der Waals surface area (Å²) in [6.07, 6.45) is 3.09. The molecule has 2 aromatic carbocycles. The second-order valence-corrected chi connectivity index (χ2v) is 5.22. The smallest absolute Gasteiger partial charge is 0.331 e. The lowest BCUT2D eigenvalue weighted by atomic mass is 9.91. The van der Waals surface area contributed by atoms with Gasteiger partial charge in [-0.25, -0.2) is 4.79 Å². The average molecular weight is 278 g/mol. The summed E-state index contributed by atoms with van der Waals surface area (Å²) in [6.45, 7) is 2.12. The molecule has 3 rings (SSSR count). The predicted molar refractivity (Wildman–Crippen MR) is 83.7 cm³/mol. The second kappa shape index (κ2) is 5.96. The molecule has 1 aliphatic rings. The highest BCUT2D eigenvalue weighted by molar-refractivity contribution is 5.93. The SMILES string of the molecule is CCc1ccccc1C1CC(c2ccccc2)=CC(=O)O1. The fraction of sp³-hybridized carbons (Fsp3) is 0.211. The van der Waals surface area contributed by atoms with Crippen LogP contribution in [0, 0.1) is 0 Å². The number of carbonyl (C=O) groups excluding carboxylic acids is 1. The van der Waals surface area contributed by atoms with Crippen LogP contribution in [-0.2, 0) is 16.0 Å². The Morgan fingerprint density at radius 2 is 1.76 bits per heavy atom. The molecule has 0 aromatic heterocycles. The van der Waals surface area contributed by atoms with Crippen molar-refractivity contribution in [3.63, 3.8) is 0 Å². The lowest BCUT2D eigenvalue weighted by Crippen LogP contribution is -2.17. The molecule has 0 N–H and O–H groups in total. The molecule has 0 amide bonds. The second-order valence-electron chi connectivity index (χ2n) is 5.22. The maximum absolute atomic E-state index is 11.9. The molecule has 1 atom stereocenters. The summed E-state index contributed by atoms with van der Waals surface area (Å²) in [5.74, 6) is -0.254. The average Bonchev–Trinajstić information content (AvgIpc) is 2.55. The standard InChI is InChI=1S/C19H18O2/c1-2-14-8-6-7-11-17(14)18-12-16(13-19(20)21-18)15-9-4-3-5-10-15/h3-11,13,18H,2,12H2,1H3. The van der Waals surface area contributed by atoms with Gasteiger partial charge in [0.2, 0.25) is 0 Å². The molecule has 106 valence electrons. The molecule has 2 heteroatoms. The zero-order chi connectivity index (χ0) is 14.7. The minimum absolute atomic E-state index is 0.186. The van der Waals surface area contributed by atoms with Crippen molar-refractivity contribution in [3.05, 3.63) is 77.4 Å². The van der Waals surface area contributed by atoms with Gasteiger partial charge in [-0.1, -0.05) is 61.5 Å². The van der Waals surface area contributed by atoms with Gasteiger partial charge in [0.15, 0.2) is 0 Å². The van der Waals surface area contributed by atoms with Crippen molar-refractivity contribution in [1.29, 1.82) is 0 Å². The largest absolute Gasteiger partial charge is 0.454 e. The first-order chi connectivity index (χ1) is 10.3. The van der Waals surface area contributed by atoms with Crippen molar-refractivity contribution < 1.29 is 9.53 Å². The summed E-state index contributed by atoms with van der Waals surface area (Å²) >= 11 is 0. The third-order valence-corrected chi connectivity index (χ3v) is 3.88. The van der Waals surface area contributed by atoms with Gasteiger partial charge in [-0.2, -0.15) is 0 Å². The molecule has 21 heavy (non-hydrogen) atoms. The van der Waals surface area contributed by atoms with Crippen molar-refractivity contribution in [2.45, 2.75) is 25.9 Å². The molecule has 0 aliphatic carbocycles. The minimum Gasteiger partial charge on any atom is -0.454 e. The first-order valence-corrected chi connectivity index (χ1v) is 7.32. The van der Waals surface area contributed by atoms with Gasteiger partial charge >= 0.3 is 5.97 Å². The predicted octanol–water partition coefficient (Wildman–Crippen LogP) is 4.32. The molecule has 0 saturated heterocycles. The van der Waals surface area contributed by atoms with Crippen LogP contribution in [0.25, 0.3) is 5.57 Å². The van der Waals surface area contributed by atoms with E-state index in [4.69, 9.17) is 4.74 Å². The van der Waals surface area contributed by atoms with Crippen LogP contribution in [0.15, 0.2) is 60.7 Å². The van der Waals surface area contributed by atoms with Crippen LogP contribution in [0.2, 0.25) is 0 Å². The number of esters is 1. The van der Waals surface area contributed by atoms with E-state index in [0.29, 0.717) is 0 Å². The topological polar surface area (TPSA) is 26.3 Å². The van der Waals surface area contributed by atoms with Crippen LogP contribution in [0.5, 0.6) is 0 Å². The number of aryl methyl sites for hydroxylation is 1. The van der Waals surface area contributed by atoms with Crippen molar-refractivity contribution in [2.24, 2.45) is 0 Å². The first kappa shape index (κ1) is 13.6. The van der Waals surface area contributed by atoms with E-state index in [-0.39, 0.29) is 12.1 Å². The number of hydrogen-bond acceptors (Lipinski definition) is 2. The number of benzene rings is 2. The van der Waals surface area contributed by atoms with Crippen LogP contribution in [0.3, 0.4) is 0 Å². The number of rotatable bonds is 3. The van der Waals surface area contributed by atoms with Gasteiger partial charge in [0.05, 0.1) is 0 Å². The monoisotopic (exact) mass is 278 g/mol. The van der Waals surface area contributed by atoms with Gasteiger partial charge in [-0.05, 0) is 28.7 Å². The van der Waals surface area contributed by atoms with Gasteiger partial charge < -0.3 is 4.74 Å². The van der Waals surface area contributed by atoms with Crippen molar-refractivity contribution in [3.8, 4) is 0 Å². The fourth-order valence-electron chi connectivity index (χ4n) is 2.81. The molecule has 0 spiro atoms. The highest BCUT2D eigenvalue weighted by atomic mass is 16.5. The fourth-order valence-corrected chi connectivity index (χ4v) is 2.81. The van der Waals surface area contributed by atoms with E-state index in [9.17, 15) is 4.79 Å². The summed E-state index contributed by atoms with van der Waals surface area (Å²) in [7, 11) is 0. The third kappa shape index (κ3) is 2.89. The van der Waals surface area contributed by atoms with Crippen molar-refractivity contribution in [2.75, 3.05) is 0 Å². The number of ether oxygens (including phenoxy) is 1. The van der Waals surface area contributed by atoms with Gasteiger partial charge in [-0.15, -0.1) is 0 Å². The molecular formula is C19H18O2. The highest BCUT2D eigenvalue weighted by Gasteiger charge is 2.25. The highest BCUT2D eigenvalue weighted by Crippen LogP contribution is 2.35. The van der Waals surface area contributed by atoms with E-state index in [1.165, 1.54) is 5.56 Å². The van der Waals surface area contributed by atoms with Gasteiger partial charge in [0, 0.05) is 12.5 Å². The summed E-state index contributed by atoms with van der Waals surface area (Å²) in [5.41, 5.74) is 4.50. The normalized spacial score (nSPS) is 18.0. The Balaban J connectivity index is 1.93. The number of cyclic esters (lactones) is 1. The lowest BCUT2D eigenvalue weighted by molar-refractivity contribution is -0.144. The molecule has 2 nitrogen and oxygen atoms in total. The molecule has 1 unspecified atom stereocenters. The van der Waals surface area contributed by atoms with Crippen LogP contribution in [0.4, 0.5) is 0 Å². The summed E-state index contributed by atoms with van der Waals surface area (Å²) in [5, 5.41) is 0. The van der Waals surface area contributed by atoms with Gasteiger partial charge in [0.25, 0.3) is 0 Å². The third-order valence-electron chi connectivity index (χ3n) is 3.88. The van der Waals surface area contributed by atoms with E-state index in [1.54, 1.807) is 6.08 Å². The number of hydrogen-bond donors (Lipinski definition) is 0. The van der Waals surface area contributed by atoms with Crippen LogP contribution >= 0.6 is 0 Å². The maximum Gasteiger partial charge on any atom is 0.331 e. The Bertz CT molecular complexity index is 671.